The maximum Gasteiger partial charge on any atom is 0.199 e. The van der Waals surface area contributed by atoms with Crippen molar-refractivity contribution in [3.8, 4) is 0 Å². The average molecular weight is 265 g/mol. The molecule has 0 saturated heterocycles. The third-order valence-electron chi connectivity index (χ3n) is 3.26. The molecule has 0 atom stereocenters. The molecule has 20 heavy (non-hydrogen) atoms. The molecule has 0 fully saturated rings. The van der Waals surface area contributed by atoms with E-state index in [0.717, 1.165) is 22.1 Å². The van der Waals surface area contributed by atoms with Crippen molar-refractivity contribution in [1.82, 2.24) is 30.0 Å². The average Bonchev–Trinajstić information content (AvgIpc) is 3.11. The van der Waals surface area contributed by atoms with Crippen LogP contribution in [0.3, 0.4) is 0 Å². The van der Waals surface area contributed by atoms with E-state index in [9.17, 15) is 0 Å². The van der Waals surface area contributed by atoms with E-state index < -0.39 is 6.29 Å². The maximum absolute atomic E-state index is 6.26. The van der Waals surface area contributed by atoms with Gasteiger partial charge in [-0.15, -0.1) is 10.2 Å². The van der Waals surface area contributed by atoms with Crippen molar-refractivity contribution in [2.45, 2.75) is 6.29 Å². The molecule has 98 valence electrons. The third kappa shape index (κ3) is 1.50. The molecule has 0 aliphatic rings. The number of hydrogen-bond acceptors (Lipinski definition) is 5. The van der Waals surface area contributed by atoms with E-state index in [1.807, 2.05) is 48.5 Å². The summed E-state index contributed by atoms with van der Waals surface area (Å²) in [5, 5.41) is 16.4. The van der Waals surface area contributed by atoms with Gasteiger partial charge in [-0.05, 0) is 24.3 Å². The van der Waals surface area contributed by atoms with Gasteiger partial charge in [0.1, 0.15) is 11.0 Å². The van der Waals surface area contributed by atoms with Crippen molar-refractivity contribution in [2.75, 3.05) is 0 Å². The van der Waals surface area contributed by atoms with E-state index in [4.69, 9.17) is 5.73 Å². The minimum Gasteiger partial charge on any atom is -0.291 e. The van der Waals surface area contributed by atoms with Crippen LogP contribution in [-0.2, 0) is 0 Å². The fraction of sp³-hybridized carbons (Fsp3) is 0.0769. The number of para-hydroxylation sites is 2. The normalized spacial score (nSPS) is 11.7. The van der Waals surface area contributed by atoms with Gasteiger partial charge in [0.25, 0.3) is 0 Å². The topological polar surface area (TPSA) is 87.4 Å². The van der Waals surface area contributed by atoms with Gasteiger partial charge in [0.2, 0.25) is 0 Å². The smallest absolute Gasteiger partial charge is 0.199 e. The lowest BCUT2D eigenvalue weighted by molar-refractivity contribution is 0.376. The van der Waals surface area contributed by atoms with Gasteiger partial charge in [0.05, 0.1) is 11.0 Å². The number of nitrogens with zero attached hydrogens (tertiary/aromatic N) is 6. The minimum absolute atomic E-state index is 0.588. The number of rotatable bonds is 2. The van der Waals surface area contributed by atoms with Crippen molar-refractivity contribution < 1.29 is 0 Å². The lowest BCUT2D eigenvalue weighted by Gasteiger charge is -2.13. The fourth-order valence-corrected chi connectivity index (χ4v) is 2.27. The summed E-state index contributed by atoms with van der Waals surface area (Å²) >= 11 is 0. The molecule has 7 heteroatoms. The van der Waals surface area contributed by atoms with Crippen molar-refractivity contribution >= 4 is 22.1 Å². The molecule has 0 aliphatic carbocycles. The van der Waals surface area contributed by atoms with Crippen LogP contribution in [0.4, 0.5) is 0 Å². The SMILES string of the molecule is NC(n1nnc2ccccc21)n1nnc2ccccc21. The van der Waals surface area contributed by atoms with Crippen molar-refractivity contribution in [1.29, 1.82) is 0 Å². The van der Waals surface area contributed by atoms with Crippen LogP contribution in [0.2, 0.25) is 0 Å². The molecule has 0 aliphatic heterocycles. The van der Waals surface area contributed by atoms with E-state index in [-0.39, 0.29) is 0 Å². The predicted molar refractivity (Wildman–Crippen MR) is 73.7 cm³/mol. The van der Waals surface area contributed by atoms with Crippen LogP contribution in [0.25, 0.3) is 22.1 Å². The Hall–Kier alpha value is -2.80. The summed E-state index contributed by atoms with van der Waals surface area (Å²) < 4.78 is 3.27. The Morgan fingerprint density at radius 1 is 0.750 bits per heavy atom. The van der Waals surface area contributed by atoms with Gasteiger partial charge in [-0.25, -0.2) is 9.36 Å². The molecule has 0 amide bonds. The predicted octanol–water partition coefficient (Wildman–Crippen LogP) is 1.14. The number of nitrogens with two attached hydrogens (primary N) is 1. The molecule has 0 unspecified atom stereocenters. The number of aromatic nitrogens is 6. The van der Waals surface area contributed by atoms with Gasteiger partial charge >= 0.3 is 0 Å². The molecule has 4 aromatic rings. The second-order valence-electron chi connectivity index (χ2n) is 4.46. The Balaban J connectivity index is 1.90. The fourth-order valence-electron chi connectivity index (χ4n) is 2.27. The molecule has 2 aromatic heterocycles. The highest BCUT2D eigenvalue weighted by atomic mass is 15.6. The van der Waals surface area contributed by atoms with Crippen LogP contribution >= 0.6 is 0 Å². The van der Waals surface area contributed by atoms with Crippen LogP contribution in [-0.4, -0.2) is 30.0 Å². The molecular formula is C13H11N7. The summed E-state index contributed by atoms with van der Waals surface area (Å²) in [6.45, 7) is 0. The Morgan fingerprint density at radius 3 is 1.70 bits per heavy atom. The molecule has 0 saturated carbocycles. The van der Waals surface area contributed by atoms with Gasteiger partial charge in [0.15, 0.2) is 6.29 Å². The van der Waals surface area contributed by atoms with E-state index in [1.54, 1.807) is 9.36 Å². The van der Waals surface area contributed by atoms with Crippen molar-refractivity contribution in [2.24, 2.45) is 5.73 Å². The van der Waals surface area contributed by atoms with Gasteiger partial charge in [-0.1, -0.05) is 34.7 Å². The first kappa shape index (κ1) is 11.1. The zero-order valence-corrected chi connectivity index (χ0v) is 10.5. The molecule has 2 heterocycles. The first-order chi connectivity index (χ1) is 9.84. The standard InChI is InChI=1S/C13H11N7/c14-13(19-11-7-3-1-5-9(11)15-17-19)20-12-8-4-2-6-10(12)16-18-20/h1-8,13H,14H2. The third-order valence-corrected chi connectivity index (χ3v) is 3.26. The number of fused-ring (bicyclic) bond motifs is 2. The monoisotopic (exact) mass is 265 g/mol. The second-order valence-corrected chi connectivity index (χ2v) is 4.46. The van der Waals surface area contributed by atoms with E-state index in [2.05, 4.69) is 20.6 Å². The highest BCUT2D eigenvalue weighted by Crippen LogP contribution is 2.17. The molecule has 7 nitrogen and oxygen atoms in total. The van der Waals surface area contributed by atoms with Crippen LogP contribution in [0.15, 0.2) is 48.5 Å². The number of benzene rings is 2. The molecule has 0 bridgehead atoms. The largest absolute Gasteiger partial charge is 0.291 e. The summed E-state index contributed by atoms with van der Waals surface area (Å²) in [4.78, 5) is 0. The zero-order valence-electron chi connectivity index (χ0n) is 10.5. The summed E-state index contributed by atoms with van der Waals surface area (Å²) in [6, 6.07) is 15.3. The van der Waals surface area contributed by atoms with Crippen LogP contribution in [0.1, 0.15) is 6.29 Å². The Morgan fingerprint density at radius 2 is 1.20 bits per heavy atom. The number of hydrogen-bond donors (Lipinski definition) is 1. The van der Waals surface area contributed by atoms with Crippen molar-refractivity contribution in [3.05, 3.63) is 48.5 Å². The van der Waals surface area contributed by atoms with Gasteiger partial charge in [0, 0.05) is 0 Å². The lowest BCUT2D eigenvalue weighted by atomic mass is 10.3. The second kappa shape index (κ2) is 4.10. The summed E-state index contributed by atoms with van der Waals surface area (Å²) in [5.41, 5.74) is 9.58. The molecular weight excluding hydrogens is 254 g/mol. The maximum atomic E-state index is 6.26. The highest BCUT2D eigenvalue weighted by Gasteiger charge is 2.16. The van der Waals surface area contributed by atoms with Crippen LogP contribution < -0.4 is 5.73 Å². The van der Waals surface area contributed by atoms with Crippen molar-refractivity contribution in [3.63, 3.8) is 0 Å². The first-order valence-corrected chi connectivity index (χ1v) is 6.20. The molecule has 0 radical (unpaired) electrons. The van der Waals surface area contributed by atoms with Gasteiger partial charge in [-0.3, -0.25) is 5.73 Å². The molecule has 0 spiro atoms. The van der Waals surface area contributed by atoms with Crippen LogP contribution in [0, 0.1) is 0 Å². The lowest BCUT2D eigenvalue weighted by Crippen LogP contribution is -2.28. The Labute approximate surface area is 113 Å². The quantitative estimate of drug-likeness (QED) is 0.587. The Kier molecular flexibility index (Phi) is 2.27. The Bertz CT molecular complexity index is 818. The minimum atomic E-state index is -0.588. The van der Waals surface area contributed by atoms with Gasteiger partial charge < -0.3 is 0 Å². The van der Waals surface area contributed by atoms with E-state index in [0.29, 0.717) is 0 Å². The molecule has 2 N–H and O–H groups in total. The summed E-state index contributed by atoms with van der Waals surface area (Å²) in [6.07, 6.45) is -0.588. The molecule has 2 aromatic carbocycles. The van der Waals surface area contributed by atoms with Gasteiger partial charge in [-0.2, -0.15) is 0 Å². The van der Waals surface area contributed by atoms with Crippen LogP contribution in [0.5, 0.6) is 0 Å². The summed E-state index contributed by atoms with van der Waals surface area (Å²) in [7, 11) is 0. The first-order valence-electron chi connectivity index (χ1n) is 6.20. The zero-order chi connectivity index (χ0) is 13.5. The van der Waals surface area contributed by atoms with E-state index in [1.165, 1.54) is 0 Å². The highest BCUT2D eigenvalue weighted by molar-refractivity contribution is 5.75. The molecule has 4 rings (SSSR count). The van der Waals surface area contributed by atoms with E-state index >= 15 is 0 Å². The summed E-state index contributed by atoms with van der Waals surface area (Å²) in [5.74, 6) is 0.